The number of halogens is 1. The zero-order valence-electron chi connectivity index (χ0n) is 12.2. The highest BCUT2D eigenvalue weighted by Gasteiger charge is 2.34. The molecule has 112 valence electrons. The summed E-state index contributed by atoms with van der Waals surface area (Å²) in [6.07, 6.45) is 6.27. The Morgan fingerprint density at radius 1 is 1.43 bits per heavy atom. The molecule has 2 aromatic heterocycles. The van der Waals surface area contributed by atoms with Crippen molar-refractivity contribution < 1.29 is 4.42 Å². The molecule has 2 aromatic rings. The van der Waals surface area contributed by atoms with E-state index < -0.39 is 0 Å². The van der Waals surface area contributed by atoms with Crippen LogP contribution in [-0.2, 0) is 6.42 Å². The van der Waals surface area contributed by atoms with Gasteiger partial charge in [-0.2, -0.15) is 0 Å². The smallest absolute Gasteiger partial charge is 0.221 e. The van der Waals surface area contributed by atoms with Gasteiger partial charge >= 0.3 is 0 Å². The number of rotatable bonds is 3. The Kier molecular flexibility index (Phi) is 4.19. The zero-order valence-corrected chi connectivity index (χ0v) is 13.7. The van der Waals surface area contributed by atoms with Crippen LogP contribution in [0.4, 0.5) is 5.82 Å². The molecule has 6 nitrogen and oxygen atoms in total. The lowest BCUT2D eigenvalue weighted by Crippen LogP contribution is -2.43. The fourth-order valence-corrected chi connectivity index (χ4v) is 3.30. The zero-order chi connectivity index (χ0) is 14.8. The van der Waals surface area contributed by atoms with Crippen LogP contribution < -0.4 is 4.90 Å². The number of anilines is 1. The van der Waals surface area contributed by atoms with Gasteiger partial charge in [-0.05, 0) is 35.7 Å². The van der Waals surface area contributed by atoms with E-state index in [-0.39, 0.29) is 12.0 Å². The molecule has 1 aliphatic heterocycles. The van der Waals surface area contributed by atoms with Gasteiger partial charge in [0.25, 0.3) is 0 Å². The van der Waals surface area contributed by atoms with Gasteiger partial charge in [-0.15, -0.1) is 10.2 Å². The highest BCUT2D eigenvalue weighted by molar-refractivity contribution is 9.10. The Bertz CT molecular complexity index is 617. The topological polar surface area (TPSA) is 67.9 Å². The van der Waals surface area contributed by atoms with Crippen LogP contribution in [0.15, 0.2) is 21.4 Å². The molecule has 0 spiro atoms. The van der Waals surface area contributed by atoms with Gasteiger partial charge in [-0.25, -0.2) is 9.97 Å². The van der Waals surface area contributed by atoms with Gasteiger partial charge in [0.2, 0.25) is 11.8 Å². The molecule has 0 unspecified atom stereocenters. The molecular formula is C14H18BrN5O. The average molecular weight is 352 g/mol. The van der Waals surface area contributed by atoms with Crippen molar-refractivity contribution in [1.29, 1.82) is 0 Å². The molecule has 0 bridgehead atoms. The van der Waals surface area contributed by atoms with E-state index in [2.05, 4.69) is 47.9 Å². The van der Waals surface area contributed by atoms with Gasteiger partial charge in [0.1, 0.15) is 12.1 Å². The normalized spacial score (nSPS) is 22.5. The lowest BCUT2D eigenvalue weighted by Gasteiger charge is -2.39. The van der Waals surface area contributed by atoms with Gasteiger partial charge in [0, 0.05) is 25.2 Å². The van der Waals surface area contributed by atoms with E-state index in [0.29, 0.717) is 5.89 Å². The standard InChI is InChI=1S/C14H18BrN5O/c1-3-12-18-19-14(21-12)10-5-4-6-20(9(10)2)13-11(15)7-16-8-17-13/h7-10H,3-6H2,1-2H3/t9-,10-/m0/s1. The first-order valence-electron chi connectivity index (χ1n) is 7.25. The molecule has 1 aliphatic rings. The Hall–Kier alpha value is -1.50. The quantitative estimate of drug-likeness (QED) is 0.846. The fourth-order valence-electron chi connectivity index (χ4n) is 2.85. The van der Waals surface area contributed by atoms with Crippen LogP contribution in [0.2, 0.25) is 0 Å². The predicted octanol–water partition coefficient (Wildman–Crippen LogP) is 2.96. The molecule has 3 rings (SSSR count). The maximum atomic E-state index is 5.76. The largest absolute Gasteiger partial charge is 0.425 e. The molecule has 0 aliphatic carbocycles. The Morgan fingerprint density at radius 3 is 3.00 bits per heavy atom. The van der Waals surface area contributed by atoms with Crippen LogP contribution in [0.25, 0.3) is 0 Å². The summed E-state index contributed by atoms with van der Waals surface area (Å²) in [7, 11) is 0. The maximum absolute atomic E-state index is 5.76. The second-order valence-electron chi connectivity index (χ2n) is 5.26. The van der Waals surface area contributed by atoms with Crippen molar-refractivity contribution in [2.24, 2.45) is 0 Å². The van der Waals surface area contributed by atoms with Crippen molar-refractivity contribution in [3.05, 3.63) is 28.8 Å². The summed E-state index contributed by atoms with van der Waals surface area (Å²) in [5, 5.41) is 8.31. The van der Waals surface area contributed by atoms with Gasteiger partial charge < -0.3 is 9.32 Å². The number of nitrogens with zero attached hydrogens (tertiary/aromatic N) is 5. The molecule has 0 aromatic carbocycles. The van der Waals surface area contributed by atoms with Crippen molar-refractivity contribution in [3.63, 3.8) is 0 Å². The second kappa shape index (κ2) is 6.09. The monoisotopic (exact) mass is 351 g/mol. The summed E-state index contributed by atoms with van der Waals surface area (Å²) in [6.45, 7) is 5.18. The number of aromatic nitrogens is 4. The summed E-state index contributed by atoms with van der Waals surface area (Å²) in [4.78, 5) is 10.7. The van der Waals surface area contributed by atoms with Crippen LogP contribution in [0.3, 0.4) is 0 Å². The molecule has 1 fully saturated rings. The summed E-state index contributed by atoms with van der Waals surface area (Å²) < 4.78 is 6.68. The van der Waals surface area contributed by atoms with E-state index in [4.69, 9.17) is 4.42 Å². The van der Waals surface area contributed by atoms with Crippen LogP contribution in [-0.4, -0.2) is 32.8 Å². The first-order valence-corrected chi connectivity index (χ1v) is 8.04. The second-order valence-corrected chi connectivity index (χ2v) is 6.12. The number of aryl methyl sites for hydroxylation is 1. The van der Waals surface area contributed by atoms with Crippen molar-refractivity contribution in [2.45, 2.75) is 45.1 Å². The van der Waals surface area contributed by atoms with Crippen LogP contribution in [0, 0.1) is 0 Å². The third-order valence-corrected chi connectivity index (χ3v) is 4.57. The number of hydrogen-bond donors (Lipinski definition) is 0. The summed E-state index contributed by atoms with van der Waals surface area (Å²) in [5.41, 5.74) is 0. The van der Waals surface area contributed by atoms with Gasteiger partial charge in [-0.1, -0.05) is 6.92 Å². The molecule has 1 saturated heterocycles. The lowest BCUT2D eigenvalue weighted by atomic mass is 9.90. The molecule has 0 radical (unpaired) electrons. The minimum atomic E-state index is 0.244. The predicted molar refractivity (Wildman–Crippen MR) is 82.2 cm³/mol. The lowest BCUT2D eigenvalue weighted by molar-refractivity contribution is 0.338. The number of piperidine rings is 1. The van der Waals surface area contributed by atoms with E-state index in [1.54, 1.807) is 12.5 Å². The van der Waals surface area contributed by atoms with E-state index in [1.165, 1.54) is 0 Å². The highest BCUT2D eigenvalue weighted by Crippen LogP contribution is 2.36. The Morgan fingerprint density at radius 2 is 2.29 bits per heavy atom. The summed E-state index contributed by atoms with van der Waals surface area (Å²) in [5.74, 6) is 2.62. The van der Waals surface area contributed by atoms with E-state index in [9.17, 15) is 0 Å². The fraction of sp³-hybridized carbons (Fsp3) is 0.571. The van der Waals surface area contributed by atoms with E-state index >= 15 is 0 Å². The average Bonchev–Trinajstić information content (AvgIpc) is 2.97. The minimum absolute atomic E-state index is 0.244. The van der Waals surface area contributed by atoms with E-state index in [0.717, 1.165) is 42.0 Å². The Balaban J connectivity index is 1.86. The first-order chi connectivity index (χ1) is 10.2. The summed E-state index contributed by atoms with van der Waals surface area (Å²) in [6, 6.07) is 0.259. The molecular weight excluding hydrogens is 334 g/mol. The molecule has 0 amide bonds. The van der Waals surface area contributed by atoms with E-state index in [1.807, 2.05) is 6.92 Å². The minimum Gasteiger partial charge on any atom is -0.425 e. The van der Waals surface area contributed by atoms with Crippen LogP contribution in [0.5, 0.6) is 0 Å². The van der Waals surface area contributed by atoms with Crippen LogP contribution in [0.1, 0.15) is 44.4 Å². The first kappa shape index (κ1) is 14.4. The van der Waals surface area contributed by atoms with Crippen molar-refractivity contribution in [3.8, 4) is 0 Å². The molecule has 2 atom stereocenters. The van der Waals surface area contributed by atoms with Crippen molar-refractivity contribution >= 4 is 21.7 Å². The number of hydrogen-bond acceptors (Lipinski definition) is 6. The highest BCUT2D eigenvalue weighted by atomic mass is 79.9. The Labute approximate surface area is 132 Å². The summed E-state index contributed by atoms with van der Waals surface area (Å²) >= 11 is 3.53. The third-order valence-electron chi connectivity index (χ3n) is 4.01. The molecule has 7 heteroatoms. The molecule has 3 heterocycles. The van der Waals surface area contributed by atoms with Crippen LogP contribution >= 0.6 is 15.9 Å². The van der Waals surface area contributed by atoms with Crippen molar-refractivity contribution in [1.82, 2.24) is 20.2 Å². The van der Waals surface area contributed by atoms with Gasteiger partial charge in [0.15, 0.2) is 0 Å². The van der Waals surface area contributed by atoms with Crippen molar-refractivity contribution in [2.75, 3.05) is 11.4 Å². The van der Waals surface area contributed by atoms with Gasteiger partial charge in [-0.3, -0.25) is 0 Å². The molecule has 21 heavy (non-hydrogen) atoms. The third kappa shape index (κ3) is 2.79. The van der Waals surface area contributed by atoms with Gasteiger partial charge in [0.05, 0.1) is 10.4 Å². The molecule has 0 N–H and O–H groups in total. The maximum Gasteiger partial charge on any atom is 0.221 e. The SMILES string of the molecule is CCc1nnc([C@H]2CCCN(c3ncncc3Br)[C@H]2C)o1. The molecule has 0 saturated carbocycles.